The number of carbonyl (C=O) groups excluding carboxylic acids is 1. The monoisotopic (exact) mass is 342 g/mol. The van der Waals surface area contributed by atoms with Crippen LogP contribution < -0.4 is 0 Å². The Bertz CT molecular complexity index is 703. The van der Waals surface area contributed by atoms with Gasteiger partial charge in [0.1, 0.15) is 5.69 Å². The topological polar surface area (TPSA) is 52.1 Å². The molecule has 0 amide bonds. The van der Waals surface area contributed by atoms with Crippen molar-refractivity contribution in [3.63, 3.8) is 0 Å². The Morgan fingerprint density at radius 3 is 2.43 bits per heavy atom. The number of esters is 1. The fraction of sp³-hybridized carbons (Fsp3) is 0.267. The molecular formula is C15H13F3N2O2S. The van der Waals surface area contributed by atoms with Crippen LogP contribution in [-0.2, 0) is 16.7 Å². The van der Waals surface area contributed by atoms with Crippen LogP contribution in [0.5, 0.6) is 0 Å². The minimum absolute atomic E-state index is 0.0642. The summed E-state index contributed by atoms with van der Waals surface area (Å²) in [5.74, 6) is -0.0524. The molecule has 4 nitrogen and oxygen atoms in total. The number of methoxy groups -OCH3 is 1. The summed E-state index contributed by atoms with van der Waals surface area (Å²) in [6.45, 7) is 1.49. The molecule has 8 heteroatoms. The molecular weight excluding hydrogens is 329 g/mol. The van der Waals surface area contributed by atoms with Crippen molar-refractivity contribution in [2.45, 2.75) is 24.0 Å². The number of ether oxygens (including phenoxy) is 1. The summed E-state index contributed by atoms with van der Waals surface area (Å²) < 4.78 is 42.8. The first-order chi connectivity index (χ1) is 10.8. The van der Waals surface area contributed by atoms with E-state index in [4.69, 9.17) is 0 Å². The van der Waals surface area contributed by atoms with Crippen molar-refractivity contribution in [3.8, 4) is 0 Å². The van der Waals surface area contributed by atoms with Gasteiger partial charge in [-0.05, 0) is 30.7 Å². The number of carbonyl (C=O) groups is 1. The lowest BCUT2D eigenvalue weighted by molar-refractivity contribution is -0.141. The Hall–Kier alpha value is -2.09. The van der Waals surface area contributed by atoms with Gasteiger partial charge in [-0.1, -0.05) is 23.9 Å². The zero-order valence-electron chi connectivity index (χ0n) is 12.3. The molecule has 122 valence electrons. The average molecular weight is 342 g/mol. The molecule has 0 bridgehead atoms. The lowest BCUT2D eigenvalue weighted by Gasteiger charge is -2.08. The molecule has 0 unspecified atom stereocenters. The zero-order chi connectivity index (χ0) is 17.0. The summed E-state index contributed by atoms with van der Waals surface area (Å²) in [6.07, 6.45) is -4.49. The van der Waals surface area contributed by atoms with Crippen LogP contribution in [0.1, 0.15) is 27.3 Å². The Morgan fingerprint density at radius 2 is 1.87 bits per heavy atom. The quantitative estimate of drug-likeness (QED) is 0.479. The molecule has 0 fully saturated rings. The highest BCUT2D eigenvalue weighted by atomic mass is 32.2. The van der Waals surface area contributed by atoms with E-state index in [1.54, 1.807) is 24.3 Å². The standard InChI is InChI=1S/C15H13F3N2O2S/c1-9-7-12(15(16,17)18)20-14(19-9)23-8-10-3-5-11(6-4-10)13(21)22-2/h3-7H,8H2,1-2H3. The molecule has 23 heavy (non-hydrogen) atoms. The average Bonchev–Trinajstić information content (AvgIpc) is 2.51. The number of rotatable bonds is 4. The van der Waals surface area contributed by atoms with Gasteiger partial charge in [0, 0.05) is 11.4 Å². The molecule has 0 saturated carbocycles. The summed E-state index contributed by atoms with van der Waals surface area (Å²) in [4.78, 5) is 18.8. The van der Waals surface area contributed by atoms with E-state index < -0.39 is 17.8 Å². The van der Waals surface area contributed by atoms with Gasteiger partial charge in [-0.2, -0.15) is 13.2 Å². The highest BCUT2D eigenvalue weighted by Gasteiger charge is 2.33. The molecule has 0 aliphatic rings. The fourth-order valence-electron chi connectivity index (χ4n) is 1.75. The van der Waals surface area contributed by atoms with Gasteiger partial charge >= 0.3 is 12.1 Å². The first-order valence-electron chi connectivity index (χ1n) is 6.52. The molecule has 0 spiro atoms. The van der Waals surface area contributed by atoms with Crippen LogP contribution in [0.4, 0.5) is 13.2 Å². The Labute approximate surface area is 135 Å². The van der Waals surface area contributed by atoms with Crippen molar-refractivity contribution in [1.29, 1.82) is 0 Å². The number of benzene rings is 1. The van der Waals surface area contributed by atoms with Crippen molar-refractivity contribution < 1.29 is 22.7 Å². The van der Waals surface area contributed by atoms with Crippen molar-refractivity contribution in [1.82, 2.24) is 9.97 Å². The van der Waals surface area contributed by atoms with Gasteiger partial charge in [0.2, 0.25) is 0 Å². The van der Waals surface area contributed by atoms with Crippen LogP contribution in [0.25, 0.3) is 0 Å². The number of hydrogen-bond acceptors (Lipinski definition) is 5. The van der Waals surface area contributed by atoms with E-state index in [9.17, 15) is 18.0 Å². The number of halogens is 3. The molecule has 0 aliphatic heterocycles. The number of aryl methyl sites for hydroxylation is 1. The van der Waals surface area contributed by atoms with Gasteiger partial charge in [0.05, 0.1) is 12.7 Å². The highest BCUT2D eigenvalue weighted by Crippen LogP contribution is 2.30. The molecule has 0 aliphatic carbocycles. The van der Waals surface area contributed by atoms with E-state index in [2.05, 4.69) is 14.7 Å². The van der Waals surface area contributed by atoms with E-state index in [0.29, 0.717) is 11.3 Å². The molecule has 0 atom stereocenters. The molecule has 2 aromatic rings. The first kappa shape index (κ1) is 17.3. The highest BCUT2D eigenvalue weighted by molar-refractivity contribution is 7.98. The van der Waals surface area contributed by atoms with Crippen LogP contribution in [0, 0.1) is 6.92 Å². The molecule has 0 saturated heterocycles. The third-order valence-corrected chi connectivity index (χ3v) is 3.79. The minimum Gasteiger partial charge on any atom is -0.465 e. The van der Waals surface area contributed by atoms with Crippen LogP contribution >= 0.6 is 11.8 Å². The van der Waals surface area contributed by atoms with Crippen LogP contribution in [0.15, 0.2) is 35.5 Å². The maximum atomic E-state index is 12.7. The van der Waals surface area contributed by atoms with E-state index in [1.165, 1.54) is 14.0 Å². The molecule has 0 radical (unpaired) electrons. The smallest absolute Gasteiger partial charge is 0.433 e. The van der Waals surface area contributed by atoms with E-state index in [1.807, 2.05) is 0 Å². The van der Waals surface area contributed by atoms with Crippen LogP contribution in [0.2, 0.25) is 0 Å². The number of hydrogen-bond donors (Lipinski definition) is 0. The summed E-state index contributed by atoms with van der Waals surface area (Å²) in [5.41, 5.74) is 0.554. The van der Waals surface area contributed by atoms with Gasteiger partial charge in [0.25, 0.3) is 0 Å². The number of nitrogens with zero attached hydrogens (tertiary/aromatic N) is 2. The predicted octanol–water partition coefficient (Wildman–Crippen LogP) is 3.88. The summed E-state index contributed by atoms with van der Waals surface area (Å²) in [5, 5.41) is 0.0642. The second-order valence-corrected chi connectivity index (χ2v) is 5.59. The van der Waals surface area contributed by atoms with Gasteiger partial charge in [-0.25, -0.2) is 14.8 Å². The second-order valence-electron chi connectivity index (χ2n) is 4.65. The van der Waals surface area contributed by atoms with E-state index in [0.717, 1.165) is 23.4 Å². The summed E-state index contributed by atoms with van der Waals surface area (Å²) in [7, 11) is 1.29. The van der Waals surface area contributed by atoms with Crippen molar-refractivity contribution in [2.24, 2.45) is 0 Å². The predicted molar refractivity (Wildman–Crippen MR) is 79.1 cm³/mol. The SMILES string of the molecule is COC(=O)c1ccc(CSc2nc(C)cc(C(F)(F)F)n2)cc1. The molecule has 1 heterocycles. The fourth-order valence-corrected chi connectivity index (χ4v) is 2.61. The number of thioether (sulfide) groups is 1. The van der Waals surface area contributed by atoms with Gasteiger partial charge in [-0.15, -0.1) is 0 Å². The number of aromatic nitrogens is 2. The van der Waals surface area contributed by atoms with Gasteiger partial charge in [-0.3, -0.25) is 0 Å². The van der Waals surface area contributed by atoms with E-state index in [-0.39, 0.29) is 10.9 Å². The lowest BCUT2D eigenvalue weighted by Crippen LogP contribution is -2.10. The number of alkyl halides is 3. The largest absolute Gasteiger partial charge is 0.465 e. The minimum atomic E-state index is -4.49. The molecule has 1 aromatic carbocycles. The third-order valence-electron chi connectivity index (χ3n) is 2.87. The lowest BCUT2D eigenvalue weighted by atomic mass is 10.1. The normalized spacial score (nSPS) is 11.3. The molecule has 1 aromatic heterocycles. The van der Waals surface area contributed by atoms with Crippen molar-refractivity contribution in [2.75, 3.05) is 7.11 Å². The first-order valence-corrected chi connectivity index (χ1v) is 7.51. The van der Waals surface area contributed by atoms with Gasteiger partial charge in [0.15, 0.2) is 5.16 Å². The van der Waals surface area contributed by atoms with E-state index >= 15 is 0 Å². The summed E-state index contributed by atoms with van der Waals surface area (Å²) >= 11 is 1.10. The Balaban J connectivity index is 2.09. The Morgan fingerprint density at radius 1 is 1.22 bits per heavy atom. The Kier molecular flexibility index (Phi) is 5.25. The van der Waals surface area contributed by atoms with Gasteiger partial charge < -0.3 is 4.74 Å². The third kappa shape index (κ3) is 4.69. The zero-order valence-corrected chi connectivity index (χ0v) is 13.2. The van der Waals surface area contributed by atoms with Crippen molar-refractivity contribution >= 4 is 17.7 Å². The maximum absolute atomic E-state index is 12.7. The maximum Gasteiger partial charge on any atom is 0.433 e. The van der Waals surface area contributed by atoms with Crippen LogP contribution in [0.3, 0.4) is 0 Å². The molecule has 2 rings (SSSR count). The van der Waals surface area contributed by atoms with Crippen LogP contribution in [-0.4, -0.2) is 23.0 Å². The van der Waals surface area contributed by atoms with Crippen molar-refractivity contribution in [3.05, 3.63) is 52.8 Å². The molecule has 0 N–H and O–H groups in total. The second kappa shape index (κ2) is 6.99. The summed E-state index contributed by atoms with van der Waals surface area (Å²) in [6, 6.07) is 7.52.